The van der Waals surface area contributed by atoms with Crippen LogP contribution in [0.5, 0.6) is 0 Å². The summed E-state index contributed by atoms with van der Waals surface area (Å²) < 4.78 is 5.06. The number of rotatable bonds is 3. The molecule has 0 heterocycles. The first-order chi connectivity index (χ1) is 5.43. The molecule has 1 heteroatoms. The lowest BCUT2D eigenvalue weighted by molar-refractivity contribution is 0.272. The maximum atomic E-state index is 5.06. The minimum Gasteiger partial charge on any atom is -0.501 e. The molecule has 0 aliphatic heterocycles. The molecule has 11 heavy (non-hydrogen) atoms. The van der Waals surface area contributed by atoms with Gasteiger partial charge in [-0.3, -0.25) is 0 Å². The Morgan fingerprint density at radius 1 is 1.27 bits per heavy atom. The maximum Gasteiger partial charge on any atom is 0.0845 e. The van der Waals surface area contributed by atoms with Crippen LogP contribution in [0, 0.1) is 0 Å². The molecule has 0 saturated heterocycles. The van der Waals surface area contributed by atoms with Gasteiger partial charge in [-0.2, -0.15) is 0 Å². The summed E-state index contributed by atoms with van der Waals surface area (Å²) in [4.78, 5) is 0. The summed E-state index contributed by atoms with van der Waals surface area (Å²) in [7, 11) is 0. The Morgan fingerprint density at radius 2 is 2.00 bits per heavy atom. The van der Waals surface area contributed by atoms with E-state index in [-0.39, 0.29) is 0 Å². The van der Waals surface area contributed by atoms with Crippen molar-refractivity contribution >= 4 is 6.08 Å². The van der Waals surface area contributed by atoms with E-state index in [9.17, 15) is 0 Å². The molecule has 0 unspecified atom stereocenters. The van der Waals surface area contributed by atoms with Gasteiger partial charge < -0.3 is 4.74 Å². The molecule has 0 aliphatic carbocycles. The van der Waals surface area contributed by atoms with Crippen LogP contribution >= 0.6 is 0 Å². The third kappa shape index (κ3) is 2.89. The molecule has 0 aliphatic rings. The van der Waals surface area contributed by atoms with Gasteiger partial charge in [-0.05, 0) is 18.6 Å². The summed E-state index contributed by atoms with van der Waals surface area (Å²) in [5.41, 5.74) is 1.17. The van der Waals surface area contributed by atoms with Crippen LogP contribution in [0.25, 0.3) is 6.08 Å². The zero-order valence-electron chi connectivity index (χ0n) is 6.66. The van der Waals surface area contributed by atoms with E-state index in [1.165, 1.54) is 5.56 Å². The zero-order chi connectivity index (χ0) is 7.94. The predicted octanol–water partition coefficient (Wildman–Crippen LogP) is 2.69. The molecule has 1 aromatic rings. The molecular formula is C10H12O. The first-order valence-electron chi connectivity index (χ1n) is 3.76. The van der Waals surface area contributed by atoms with E-state index in [4.69, 9.17) is 4.74 Å². The van der Waals surface area contributed by atoms with Crippen molar-refractivity contribution in [2.45, 2.75) is 6.92 Å². The van der Waals surface area contributed by atoms with Crippen molar-refractivity contribution in [2.24, 2.45) is 0 Å². The molecule has 1 aromatic carbocycles. The Morgan fingerprint density at radius 3 is 2.64 bits per heavy atom. The fraction of sp³-hybridized carbons (Fsp3) is 0.200. The Balaban J connectivity index is 2.50. The summed E-state index contributed by atoms with van der Waals surface area (Å²) in [6.07, 6.45) is 3.67. The van der Waals surface area contributed by atoms with E-state index in [2.05, 4.69) is 0 Å². The minimum absolute atomic E-state index is 0.726. The second-order valence-corrected chi connectivity index (χ2v) is 2.17. The lowest BCUT2D eigenvalue weighted by atomic mass is 10.2. The lowest BCUT2D eigenvalue weighted by Crippen LogP contribution is -1.76. The van der Waals surface area contributed by atoms with Gasteiger partial charge in [-0.15, -0.1) is 0 Å². The van der Waals surface area contributed by atoms with Gasteiger partial charge >= 0.3 is 0 Å². The highest BCUT2D eigenvalue weighted by molar-refractivity contribution is 5.47. The largest absolute Gasteiger partial charge is 0.501 e. The average Bonchev–Trinajstić information content (AvgIpc) is 2.07. The van der Waals surface area contributed by atoms with Crippen LogP contribution in [-0.4, -0.2) is 6.61 Å². The standard InChI is InChI=1S/C10H12O/c1-2-11-9-8-10-6-4-3-5-7-10/h3-9H,2H2,1H3. The Bertz CT molecular complexity index is 214. The van der Waals surface area contributed by atoms with Crippen LogP contribution in [0.15, 0.2) is 36.6 Å². The summed E-state index contributed by atoms with van der Waals surface area (Å²) in [5, 5.41) is 0. The Kier molecular flexibility index (Phi) is 3.26. The van der Waals surface area contributed by atoms with Crippen molar-refractivity contribution < 1.29 is 4.74 Å². The fourth-order valence-electron chi connectivity index (χ4n) is 0.787. The quantitative estimate of drug-likeness (QED) is 0.599. The molecule has 0 amide bonds. The van der Waals surface area contributed by atoms with Gasteiger partial charge in [0.25, 0.3) is 0 Å². The van der Waals surface area contributed by atoms with Crippen molar-refractivity contribution in [3.8, 4) is 0 Å². The Labute approximate surface area is 67.3 Å². The fourth-order valence-corrected chi connectivity index (χ4v) is 0.787. The molecule has 0 spiro atoms. The van der Waals surface area contributed by atoms with E-state index in [0.29, 0.717) is 0 Å². The predicted molar refractivity (Wildman–Crippen MR) is 47.1 cm³/mol. The van der Waals surface area contributed by atoms with E-state index in [1.54, 1.807) is 6.26 Å². The minimum atomic E-state index is 0.726. The van der Waals surface area contributed by atoms with Crippen molar-refractivity contribution in [3.63, 3.8) is 0 Å². The number of hydrogen-bond acceptors (Lipinski definition) is 1. The third-order valence-electron chi connectivity index (χ3n) is 1.32. The molecular weight excluding hydrogens is 136 g/mol. The summed E-state index contributed by atoms with van der Waals surface area (Å²) in [6, 6.07) is 10.1. The van der Waals surface area contributed by atoms with E-state index >= 15 is 0 Å². The second-order valence-electron chi connectivity index (χ2n) is 2.17. The molecule has 0 atom stereocenters. The smallest absolute Gasteiger partial charge is 0.0845 e. The summed E-state index contributed by atoms with van der Waals surface area (Å²) in [6.45, 7) is 2.69. The molecule has 0 N–H and O–H groups in total. The van der Waals surface area contributed by atoms with Gasteiger partial charge in [0, 0.05) is 0 Å². The zero-order valence-corrected chi connectivity index (χ0v) is 6.66. The van der Waals surface area contributed by atoms with Gasteiger partial charge in [-0.25, -0.2) is 0 Å². The molecule has 1 rings (SSSR count). The average molecular weight is 148 g/mol. The first kappa shape index (κ1) is 7.86. The van der Waals surface area contributed by atoms with Crippen LogP contribution in [-0.2, 0) is 4.74 Å². The summed E-state index contributed by atoms with van der Waals surface area (Å²) >= 11 is 0. The van der Waals surface area contributed by atoms with Crippen LogP contribution in [0.2, 0.25) is 0 Å². The van der Waals surface area contributed by atoms with Gasteiger partial charge in [0.1, 0.15) is 0 Å². The Hall–Kier alpha value is -1.24. The SMILES string of the molecule is CCOC=Cc1ccccc1. The highest BCUT2D eigenvalue weighted by Crippen LogP contribution is 2.00. The topological polar surface area (TPSA) is 9.23 Å². The molecule has 0 saturated carbocycles. The molecule has 0 fully saturated rings. The highest BCUT2D eigenvalue weighted by atomic mass is 16.5. The monoisotopic (exact) mass is 148 g/mol. The van der Waals surface area contributed by atoms with Crippen LogP contribution in [0.1, 0.15) is 12.5 Å². The molecule has 0 radical (unpaired) electrons. The highest BCUT2D eigenvalue weighted by Gasteiger charge is 1.80. The van der Waals surface area contributed by atoms with Crippen molar-refractivity contribution in [1.82, 2.24) is 0 Å². The maximum absolute atomic E-state index is 5.06. The molecule has 58 valence electrons. The first-order valence-corrected chi connectivity index (χ1v) is 3.76. The van der Waals surface area contributed by atoms with Crippen molar-refractivity contribution in [3.05, 3.63) is 42.2 Å². The van der Waals surface area contributed by atoms with Gasteiger partial charge in [0.2, 0.25) is 0 Å². The van der Waals surface area contributed by atoms with E-state index in [0.717, 1.165) is 6.61 Å². The van der Waals surface area contributed by atoms with Gasteiger partial charge in [0.05, 0.1) is 12.9 Å². The van der Waals surface area contributed by atoms with E-state index < -0.39 is 0 Å². The third-order valence-corrected chi connectivity index (χ3v) is 1.32. The second kappa shape index (κ2) is 4.56. The van der Waals surface area contributed by atoms with Crippen molar-refractivity contribution in [2.75, 3.05) is 6.61 Å². The van der Waals surface area contributed by atoms with E-state index in [1.807, 2.05) is 43.3 Å². The van der Waals surface area contributed by atoms with Crippen LogP contribution in [0.4, 0.5) is 0 Å². The van der Waals surface area contributed by atoms with Gasteiger partial charge in [0.15, 0.2) is 0 Å². The number of hydrogen-bond donors (Lipinski definition) is 0. The number of benzene rings is 1. The van der Waals surface area contributed by atoms with Crippen LogP contribution < -0.4 is 0 Å². The van der Waals surface area contributed by atoms with Crippen molar-refractivity contribution in [1.29, 1.82) is 0 Å². The molecule has 1 nitrogen and oxygen atoms in total. The normalized spacial score (nSPS) is 10.3. The lowest BCUT2D eigenvalue weighted by Gasteiger charge is -1.92. The molecule has 0 aromatic heterocycles. The van der Waals surface area contributed by atoms with Crippen LogP contribution in [0.3, 0.4) is 0 Å². The molecule has 0 bridgehead atoms. The number of ether oxygens (including phenoxy) is 1. The summed E-state index contributed by atoms with van der Waals surface area (Å²) in [5.74, 6) is 0. The van der Waals surface area contributed by atoms with Gasteiger partial charge in [-0.1, -0.05) is 30.3 Å².